The Kier molecular flexibility index (Phi) is 4.84. The van der Waals surface area contributed by atoms with Gasteiger partial charge in [-0.1, -0.05) is 0 Å². The number of carbonyl (C=O) groups excluding carboxylic acids is 1. The van der Waals surface area contributed by atoms with Crippen molar-refractivity contribution in [2.75, 3.05) is 29.2 Å². The molecule has 2 N–H and O–H groups in total. The normalized spacial score (nSPS) is 18.5. The third kappa shape index (κ3) is 4.44. The zero-order valence-corrected chi connectivity index (χ0v) is 14.4. The third-order valence-electron chi connectivity index (χ3n) is 3.80. The van der Waals surface area contributed by atoms with Gasteiger partial charge in [-0.05, 0) is 36.8 Å². The van der Waals surface area contributed by atoms with E-state index in [0.29, 0.717) is 23.8 Å². The molecule has 0 saturated carbocycles. The number of nitrogens with zero attached hydrogens (tertiary/aromatic N) is 2. The first-order chi connectivity index (χ1) is 11.9. The molecule has 0 amide bonds. The van der Waals surface area contributed by atoms with Crippen molar-refractivity contribution in [3.8, 4) is 0 Å². The van der Waals surface area contributed by atoms with Crippen molar-refractivity contribution in [1.82, 2.24) is 9.97 Å². The van der Waals surface area contributed by atoms with Crippen LogP contribution in [0.5, 0.6) is 0 Å². The number of nitrogens with one attached hydrogen (secondary N) is 2. The first-order valence-corrected chi connectivity index (χ1v) is 9.53. The summed E-state index contributed by atoms with van der Waals surface area (Å²) in [6.07, 6.45) is 2.14. The third-order valence-corrected chi connectivity index (χ3v) is 5.57. The van der Waals surface area contributed by atoms with Crippen LogP contribution in [0, 0.1) is 0 Å². The molecule has 1 fully saturated rings. The SMILES string of the molecule is COC(=O)c1ccc(Nc2ccnc(NC3CCS(=O)(=O)C3)n2)cc1. The zero-order valence-electron chi connectivity index (χ0n) is 13.6. The van der Waals surface area contributed by atoms with Crippen LogP contribution < -0.4 is 10.6 Å². The second-order valence-corrected chi connectivity index (χ2v) is 7.93. The lowest BCUT2D eigenvalue weighted by Gasteiger charge is -2.12. The Bertz CT molecular complexity index is 868. The number of sulfone groups is 1. The summed E-state index contributed by atoms with van der Waals surface area (Å²) in [4.78, 5) is 19.9. The van der Waals surface area contributed by atoms with Gasteiger partial charge in [-0.15, -0.1) is 0 Å². The van der Waals surface area contributed by atoms with Gasteiger partial charge in [-0.2, -0.15) is 4.98 Å². The molecule has 2 aromatic rings. The second kappa shape index (κ2) is 7.06. The van der Waals surface area contributed by atoms with Crippen molar-refractivity contribution in [2.45, 2.75) is 12.5 Å². The van der Waals surface area contributed by atoms with E-state index >= 15 is 0 Å². The molecule has 9 heteroatoms. The molecule has 25 heavy (non-hydrogen) atoms. The number of esters is 1. The van der Waals surface area contributed by atoms with Crippen molar-refractivity contribution in [3.05, 3.63) is 42.1 Å². The standard InChI is InChI=1S/C16H18N4O4S/c1-24-15(21)11-2-4-12(5-3-11)18-14-6-8-17-16(20-14)19-13-7-9-25(22,23)10-13/h2-6,8,13H,7,9-10H2,1H3,(H2,17,18,19,20). The Morgan fingerprint density at radius 2 is 2.00 bits per heavy atom. The number of anilines is 3. The van der Waals surface area contributed by atoms with Crippen molar-refractivity contribution in [3.63, 3.8) is 0 Å². The van der Waals surface area contributed by atoms with Crippen LogP contribution in [-0.4, -0.2) is 49.0 Å². The molecule has 2 heterocycles. The van der Waals surface area contributed by atoms with Gasteiger partial charge in [0.15, 0.2) is 9.84 Å². The highest BCUT2D eigenvalue weighted by Crippen LogP contribution is 2.18. The van der Waals surface area contributed by atoms with Crippen LogP contribution in [0.2, 0.25) is 0 Å². The topological polar surface area (TPSA) is 110 Å². The Morgan fingerprint density at radius 1 is 1.24 bits per heavy atom. The summed E-state index contributed by atoms with van der Waals surface area (Å²) in [6, 6.07) is 8.32. The molecule has 1 atom stereocenters. The highest BCUT2D eigenvalue weighted by atomic mass is 32.2. The van der Waals surface area contributed by atoms with Gasteiger partial charge in [0.25, 0.3) is 0 Å². The van der Waals surface area contributed by atoms with Crippen LogP contribution in [0.1, 0.15) is 16.8 Å². The summed E-state index contributed by atoms with van der Waals surface area (Å²) in [6.45, 7) is 0. The molecule has 0 spiro atoms. The highest BCUT2D eigenvalue weighted by molar-refractivity contribution is 7.91. The predicted molar refractivity (Wildman–Crippen MR) is 93.8 cm³/mol. The van der Waals surface area contributed by atoms with Gasteiger partial charge in [0.1, 0.15) is 5.82 Å². The molecule has 1 aliphatic heterocycles. The highest BCUT2D eigenvalue weighted by Gasteiger charge is 2.28. The van der Waals surface area contributed by atoms with Crippen molar-refractivity contribution in [2.24, 2.45) is 0 Å². The number of carbonyl (C=O) groups is 1. The fourth-order valence-corrected chi connectivity index (χ4v) is 4.22. The average Bonchev–Trinajstić information content (AvgIpc) is 2.93. The van der Waals surface area contributed by atoms with Crippen molar-refractivity contribution >= 4 is 33.3 Å². The van der Waals surface area contributed by atoms with Gasteiger partial charge < -0.3 is 15.4 Å². The van der Waals surface area contributed by atoms with Gasteiger partial charge in [0, 0.05) is 17.9 Å². The molecule has 1 aromatic carbocycles. The van der Waals surface area contributed by atoms with E-state index in [1.807, 2.05) is 0 Å². The Labute approximate surface area is 145 Å². The number of ether oxygens (including phenoxy) is 1. The van der Waals surface area contributed by atoms with Crippen LogP contribution in [0.4, 0.5) is 17.5 Å². The predicted octanol–water partition coefficient (Wildman–Crippen LogP) is 1.61. The number of benzene rings is 1. The van der Waals surface area contributed by atoms with Gasteiger partial charge in [-0.25, -0.2) is 18.2 Å². The van der Waals surface area contributed by atoms with E-state index in [4.69, 9.17) is 0 Å². The molecule has 1 aromatic heterocycles. The van der Waals surface area contributed by atoms with E-state index < -0.39 is 15.8 Å². The quantitative estimate of drug-likeness (QED) is 0.772. The first kappa shape index (κ1) is 17.2. The van der Waals surface area contributed by atoms with E-state index in [0.717, 1.165) is 5.69 Å². The lowest BCUT2D eigenvalue weighted by atomic mass is 10.2. The maximum absolute atomic E-state index is 11.5. The lowest BCUT2D eigenvalue weighted by Crippen LogP contribution is -2.22. The summed E-state index contributed by atoms with van der Waals surface area (Å²) >= 11 is 0. The van der Waals surface area contributed by atoms with Gasteiger partial charge >= 0.3 is 5.97 Å². The minimum absolute atomic E-state index is 0.100. The molecule has 0 bridgehead atoms. The molecule has 0 radical (unpaired) electrons. The summed E-state index contributed by atoms with van der Waals surface area (Å²) in [7, 11) is -1.63. The molecule has 8 nitrogen and oxygen atoms in total. The zero-order chi connectivity index (χ0) is 17.9. The van der Waals surface area contributed by atoms with Crippen LogP contribution in [0.15, 0.2) is 36.5 Å². The smallest absolute Gasteiger partial charge is 0.337 e. The number of aromatic nitrogens is 2. The Morgan fingerprint density at radius 3 is 2.64 bits per heavy atom. The second-order valence-electron chi connectivity index (χ2n) is 5.70. The maximum atomic E-state index is 11.5. The maximum Gasteiger partial charge on any atom is 0.337 e. The average molecular weight is 362 g/mol. The molecule has 1 unspecified atom stereocenters. The van der Waals surface area contributed by atoms with Crippen molar-refractivity contribution < 1.29 is 17.9 Å². The lowest BCUT2D eigenvalue weighted by molar-refractivity contribution is 0.0601. The van der Waals surface area contributed by atoms with Crippen LogP contribution in [0.25, 0.3) is 0 Å². The van der Waals surface area contributed by atoms with Crippen LogP contribution >= 0.6 is 0 Å². The molecule has 1 saturated heterocycles. The minimum atomic E-state index is -2.96. The molecular formula is C16H18N4O4S. The molecule has 1 aliphatic rings. The Balaban J connectivity index is 1.66. The summed E-state index contributed by atoms with van der Waals surface area (Å²) in [5, 5.41) is 6.16. The fourth-order valence-electron chi connectivity index (χ4n) is 2.54. The molecule has 132 valence electrons. The van der Waals surface area contributed by atoms with E-state index in [9.17, 15) is 13.2 Å². The van der Waals surface area contributed by atoms with E-state index in [2.05, 4.69) is 25.3 Å². The van der Waals surface area contributed by atoms with Gasteiger partial charge in [0.05, 0.1) is 24.2 Å². The van der Waals surface area contributed by atoms with E-state index in [-0.39, 0.29) is 17.5 Å². The number of hydrogen-bond acceptors (Lipinski definition) is 8. The summed E-state index contributed by atoms with van der Waals surface area (Å²) in [5.41, 5.74) is 1.21. The van der Waals surface area contributed by atoms with E-state index in [1.54, 1.807) is 36.5 Å². The monoisotopic (exact) mass is 362 g/mol. The van der Waals surface area contributed by atoms with E-state index in [1.165, 1.54) is 7.11 Å². The van der Waals surface area contributed by atoms with Crippen LogP contribution in [0.3, 0.4) is 0 Å². The largest absolute Gasteiger partial charge is 0.465 e. The minimum Gasteiger partial charge on any atom is -0.465 e. The number of hydrogen-bond donors (Lipinski definition) is 2. The first-order valence-electron chi connectivity index (χ1n) is 7.70. The number of methoxy groups -OCH3 is 1. The van der Waals surface area contributed by atoms with Crippen LogP contribution in [-0.2, 0) is 14.6 Å². The fraction of sp³-hybridized carbons (Fsp3) is 0.312. The van der Waals surface area contributed by atoms with Gasteiger partial charge in [-0.3, -0.25) is 0 Å². The van der Waals surface area contributed by atoms with Gasteiger partial charge in [0.2, 0.25) is 5.95 Å². The Hall–Kier alpha value is -2.68. The summed E-state index contributed by atoms with van der Waals surface area (Å²) in [5.74, 6) is 0.826. The summed E-state index contributed by atoms with van der Waals surface area (Å²) < 4.78 is 27.7. The molecule has 0 aliphatic carbocycles. The molecule has 3 rings (SSSR count). The number of rotatable bonds is 5. The molecular weight excluding hydrogens is 344 g/mol. The van der Waals surface area contributed by atoms with Crippen molar-refractivity contribution in [1.29, 1.82) is 0 Å².